The van der Waals surface area contributed by atoms with E-state index < -0.39 is 5.54 Å². The molecule has 2 unspecified atom stereocenters. The lowest BCUT2D eigenvalue weighted by molar-refractivity contribution is -0.126. The molecule has 2 atom stereocenters. The van der Waals surface area contributed by atoms with Gasteiger partial charge in [-0.15, -0.1) is 0 Å². The van der Waals surface area contributed by atoms with E-state index in [4.69, 9.17) is 10.5 Å². The van der Waals surface area contributed by atoms with Crippen molar-refractivity contribution in [3.63, 3.8) is 0 Å². The number of hydrogen-bond donors (Lipinski definition) is 2. The number of nitrogens with one attached hydrogen (secondary N) is 1. The molecule has 0 spiro atoms. The Balaban J connectivity index is 2.73. The molecule has 3 N–H and O–H groups in total. The largest absolute Gasteiger partial charge is 0.494 e. The summed E-state index contributed by atoms with van der Waals surface area (Å²) in [4.78, 5) is 12.2. The molecule has 4 heteroatoms. The fraction of sp³-hybridized carbons (Fsp3) is 0.562. The zero-order valence-corrected chi connectivity index (χ0v) is 12.9. The van der Waals surface area contributed by atoms with Crippen LogP contribution in [0.25, 0.3) is 0 Å². The Morgan fingerprint density at radius 3 is 2.75 bits per heavy atom. The molecule has 4 nitrogen and oxygen atoms in total. The van der Waals surface area contributed by atoms with Crippen LogP contribution < -0.4 is 15.8 Å². The molecule has 1 amide bonds. The topological polar surface area (TPSA) is 64.4 Å². The summed E-state index contributed by atoms with van der Waals surface area (Å²) in [7, 11) is 0. The Morgan fingerprint density at radius 2 is 2.15 bits per heavy atom. The fourth-order valence-electron chi connectivity index (χ4n) is 2.12. The maximum atomic E-state index is 12.2. The van der Waals surface area contributed by atoms with E-state index >= 15 is 0 Å². The van der Waals surface area contributed by atoms with E-state index in [0.29, 0.717) is 13.0 Å². The molecule has 0 aliphatic carbocycles. The molecule has 1 aromatic rings. The van der Waals surface area contributed by atoms with Crippen molar-refractivity contribution < 1.29 is 9.53 Å². The minimum atomic E-state index is -0.819. The smallest absolute Gasteiger partial charge is 0.240 e. The van der Waals surface area contributed by atoms with Crippen molar-refractivity contribution in [1.29, 1.82) is 0 Å². The SMILES string of the molecule is CCCC(C)(N)C(=O)NC(C)c1cccc(OCC)c1. The highest BCUT2D eigenvalue weighted by Gasteiger charge is 2.28. The van der Waals surface area contributed by atoms with Crippen molar-refractivity contribution in [2.45, 2.75) is 52.1 Å². The number of amides is 1. The minimum absolute atomic E-state index is 0.0948. The lowest BCUT2D eigenvalue weighted by atomic mass is 9.95. The number of ether oxygens (including phenoxy) is 1. The van der Waals surface area contributed by atoms with E-state index in [-0.39, 0.29) is 11.9 Å². The highest BCUT2D eigenvalue weighted by molar-refractivity contribution is 5.85. The van der Waals surface area contributed by atoms with Crippen molar-refractivity contribution in [3.05, 3.63) is 29.8 Å². The van der Waals surface area contributed by atoms with Gasteiger partial charge in [0, 0.05) is 0 Å². The molecule has 0 saturated carbocycles. The molecular formula is C16H26N2O2. The van der Waals surface area contributed by atoms with Crippen LogP contribution in [-0.2, 0) is 4.79 Å². The molecule has 0 radical (unpaired) electrons. The monoisotopic (exact) mass is 278 g/mol. The molecule has 0 fully saturated rings. The molecule has 1 aromatic carbocycles. The zero-order chi connectivity index (χ0) is 15.2. The Labute approximate surface area is 121 Å². The summed E-state index contributed by atoms with van der Waals surface area (Å²) in [6.45, 7) is 8.32. The molecule has 0 heterocycles. The second kappa shape index (κ2) is 7.29. The Kier molecular flexibility index (Phi) is 6.02. The van der Waals surface area contributed by atoms with Gasteiger partial charge in [0.2, 0.25) is 5.91 Å². The van der Waals surface area contributed by atoms with Crippen LogP contribution in [0, 0.1) is 0 Å². The Morgan fingerprint density at radius 1 is 1.45 bits per heavy atom. The van der Waals surface area contributed by atoms with Crippen LogP contribution in [0.5, 0.6) is 5.75 Å². The number of carbonyl (C=O) groups excluding carboxylic acids is 1. The van der Waals surface area contributed by atoms with E-state index in [1.165, 1.54) is 0 Å². The van der Waals surface area contributed by atoms with Gasteiger partial charge in [-0.1, -0.05) is 25.5 Å². The van der Waals surface area contributed by atoms with Crippen LogP contribution in [0.3, 0.4) is 0 Å². The van der Waals surface area contributed by atoms with Gasteiger partial charge in [0.15, 0.2) is 0 Å². The summed E-state index contributed by atoms with van der Waals surface area (Å²) in [5.41, 5.74) is 6.23. The van der Waals surface area contributed by atoms with Crippen LogP contribution in [0.1, 0.15) is 52.1 Å². The minimum Gasteiger partial charge on any atom is -0.494 e. The summed E-state index contributed by atoms with van der Waals surface area (Å²) in [5.74, 6) is 0.698. The number of benzene rings is 1. The van der Waals surface area contributed by atoms with Gasteiger partial charge < -0.3 is 15.8 Å². The molecule has 1 rings (SSSR count). The van der Waals surface area contributed by atoms with Crippen molar-refractivity contribution in [1.82, 2.24) is 5.32 Å². The first-order valence-corrected chi connectivity index (χ1v) is 7.23. The number of hydrogen-bond acceptors (Lipinski definition) is 3. The first kappa shape index (κ1) is 16.5. The van der Waals surface area contributed by atoms with E-state index in [1.807, 2.05) is 45.0 Å². The van der Waals surface area contributed by atoms with Gasteiger partial charge in [-0.05, 0) is 44.9 Å². The maximum Gasteiger partial charge on any atom is 0.240 e. The van der Waals surface area contributed by atoms with Gasteiger partial charge >= 0.3 is 0 Å². The maximum absolute atomic E-state index is 12.2. The summed E-state index contributed by atoms with van der Waals surface area (Å²) in [6.07, 6.45) is 1.55. The predicted octanol–water partition coefficient (Wildman–Crippen LogP) is 2.78. The van der Waals surface area contributed by atoms with Crippen LogP contribution in [-0.4, -0.2) is 18.1 Å². The van der Waals surface area contributed by atoms with Crippen molar-refractivity contribution >= 4 is 5.91 Å². The van der Waals surface area contributed by atoms with Crippen LogP contribution >= 0.6 is 0 Å². The number of carbonyl (C=O) groups is 1. The van der Waals surface area contributed by atoms with Crippen LogP contribution in [0.15, 0.2) is 24.3 Å². The van der Waals surface area contributed by atoms with Crippen molar-refractivity contribution in [2.75, 3.05) is 6.61 Å². The van der Waals surface area contributed by atoms with Gasteiger partial charge in [0.25, 0.3) is 0 Å². The third-order valence-corrected chi connectivity index (χ3v) is 3.30. The summed E-state index contributed by atoms with van der Waals surface area (Å²) in [6, 6.07) is 7.66. The fourth-order valence-corrected chi connectivity index (χ4v) is 2.12. The van der Waals surface area contributed by atoms with Gasteiger partial charge in [-0.3, -0.25) is 4.79 Å². The number of nitrogens with two attached hydrogens (primary N) is 1. The lowest BCUT2D eigenvalue weighted by Gasteiger charge is -2.25. The highest BCUT2D eigenvalue weighted by atomic mass is 16.5. The predicted molar refractivity (Wildman–Crippen MR) is 81.7 cm³/mol. The average molecular weight is 278 g/mol. The molecule has 0 aromatic heterocycles. The summed E-state index contributed by atoms with van der Waals surface area (Å²) < 4.78 is 5.47. The van der Waals surface area contributed by atoms with Gasteiger partial charge in [0.05, 0.1) is 18.2 Å². The first-order valence-electron chi connectivity index (χ1n) is 7.23. The summed E-state index contributed by atoms with van der Waals surface area (Å²) in [5, 5.41) is 2.97. The molecule has 0 saturated heterocycles. The quantitative estimate of drug-likeness (QED) is 0.806. The third kappa shape index (κ3) is 4.53. The third-order valence-electron chi connectivity index (χ3n) is 3.30. The Hall–Kier alpha value is -1.55. The number of rotatable bonds is 7. The normalized spacial score (nSPS) is 15.2. The average Bonchev–Trinajstić information content (AvgIpc) is 2.39. The van der Waals surface area contributed by atoms with Gasteiger partial charge in [-0.25, -0.2) is 0 Å². The van der Waals surface area contributed by atoms with Crippen molar-refractivity contribution in [2.24, 2.45) is 5.73 Å². The molecule has 0 bridgehead atoms. The van der Waals surface area contributed by atoms with E-state index in [0.717, 1.165) is 17.7 Å². The molecule has 0 aliphatic rings. The second-order valence-corrected chi connectivity index (χ2v) is 5.37. The van der Waals surface area contributed by atoms with Crippen molar-refractivity contribution in [3.8, 4) is 5.75 Å². The lowest BCUT2D eigenvalue weighted by Crippen LogP contribution is -2.52. The molecule has 0 aliphatic heterocycles. The molecule has 112 valence electrons. The van der Waals surface area contributed by atoms with Crippen LogP contribution in [0.2, 0.25) is 0 Å². The van der Waals surface area contributed by atoms with E-state index in [9.17, 15) is 4.79 Å². The van der Waals surface area contributed by atoms with Crippen LogP contribution in [0.4, 0.5) is 0 Å². The standard InChI is InChI=1S/C16H26N2O2/c1-5-10-16(4,17)15(19)18-12(3)13-8-7-9-14(11-13)20-6-2/h7-9,11-12H,5-6,10,17H2,1-4H3,(H,18,19). The Bertz CT molecular complexity index is 444. The highest BCUT2D eigenvalue weighted by Crippen LogP contribution is 2.20. The molecule has 20 heavy (non-hydrogen) atoms. The second-order valence-electron chi connectivity index (χ2n) is 5.37. The first-order chi connectivity index (χ1) is 9.40. The molecular weight excluding hydrogens is 252 g/mol. The van der Waals surface area contributed by atoms with E-state index in [1.54, 1.807) is 6.92 Å². The zero-order valence-electron chi connectivity index (χ0n) is 12.9. The van der Waals surface area contributed by atoms with E-state index in [2.05, 4.69) is 5.32 Å². The van der Waals surface area contributed by atoms with Gasteiger partial charge in [0.1, 0.15) is 5.75 Å². The summed E-state index contributed by atoms with van der Waals surface area (Å²) >= 11 is 0. The van der Waals surface area contributed by atoms with Gasteiger partial charge in [-0.2, -0.15) is 0 Å².